The lowest BCUT2D eigenvalue weighted by atomic mass is 9.93. The molecule has 2 fully saturated rings. The average Bonchev–Trinajstić information content (AvgIpc) is 2.94. The van der Waals surface area contributed by atoms with E-state index in [2.05, 4.69) is 35.9 Å². The molecule has 2 aromatic rings. The third kappa shape index (κ3) is 7.64. The number of amides is 3. The van der Waals surface area contributed by atoms with Crippen molar-refractivity contribution < 1.29 is 32.6 Å². The normalized spacial score (nSPS) is 19.6. The molecule has 0 unspecified atom stereocenters. The number of nitrogens with one attached hydrogen (secondary N) is 3. The number of rotatable bonds is 9. The van der Waals surface area contributed by atoms with Gasteiger partial charge >= 0.3 is 12.1 Å². The van der Waals surface area contributed by atoms with Crippen LogP contribution in [0.3, 0.4) is 0 Å². The topological polar surface area (TPSA) is 156 Å². The van der Waals surface area contributed by atoms with Crippen LogP contribution in [0.25, 0.3) is 0 Å². The van der Waals surface area contributed by atoms with Crippen LogP contribution in [0.4, 0.5) is 36.0 Å². The molecule has 0 aromatic carbocycles. The largest absolute Gasteiger partial charge is 0.477 e. The van der Waals surface area contributed by atoms with E-state index in [0.717, 1.165) is 4.90 Å². The highest BCUT2D eigenvalue weighted by Crippen LogP contribution is 2.33. The summed E-state index contributed by atoms with van der Waals surface area (Å²) in [7, 11) is 2.83. The summed E-state index contributed by atoms with van der Waals surface area (Å²) in [5, 5.41) is 8.30. The molecule has 1 atom stereocenters. The molecule has 2 aromatic heterocycles. The Labute approximate surface area is 236 Å². The van der Waals surface area contributed by atoms with Crippen LogP contribution in [-0.2, 0) is 9.47 Å². The lowest BCUT2D eigenvalue weighted by Gasteiger charge is -2.42. The van der Waals surface area contributed by atoms with Gasteiger partial charge in [-0.1, -0.05) is 0 Å². The summed E-state index contributed by atoms with van der Waals surface area (Å²) < 4.78 is 46.2. The molecule has 14 nitrogen and oxygen atoms in total. The standard InChI is InChI=1S/C25H35F2N9O5/c1-4-40-20-14-30-19(13-31-20)33-22(37)35(2)17-15-36(12-8-25(17,26)27)21-29-9-5-18(32-21)34-23(38)41-24(16-39-3)6-10-28-11-7-24/h5,9,13-14,17,28H,4,6-8,10-12,15-16H2,1-3H3,(H,30,33,37)(H,29,32,34,38)/t17-/m0/s1. The maximum atomic E-state index is 15.0. The number of carbonyl (C=O) groups excluding carboxylic acids is 2. The molecule has 2 aliphatic heterocycles. The number of hydrogen-bond acceptors (Lipinski definition) is 11. The maximum Gasteiger partial charge on any atom is 0.413 e. The summed E-state index contributed by atoms with van der Waals surface area (Å²) in [6.45, 7) is 3.53. The number of carbonyl (C=O) groups is 2. The zero-order valence-corrected chi connectivity index (χ0v) is 23.2. The van der Waals surface area contributed by atoms with Crippen molar-refractivity contribution in [2.24, 2.45) is 0 Å². The van der Waals surface area contributed by atoms with Gasteiger partial charge < -0.3 is 29.3 Å². The number of nitrogens with zero attached hydrogens (tertiary/aromatic N) is 6. The highest BCUT2D eigenvalue weighted by atomic mass is 19.3. The number of hydrogen-bond donors (Lipinski definition) is 3. The van der Waals surface area contributed by atoms with E-state index in [1.54, 1.807) is 14.0 Å². The van der Waals surface area contributed by atoms with Gasteiger partial charge in [0.15, 0.2) is 5.82 Å². The van der Waals surface area contributed by atoms with Crippen molar-refractivity contribution >= 4 is 29.7 Å². The van der Waals surface area contributed by atoms with Crippen LogP contribution in [0.15, 0.2) is 24.7 Å². The Bertz CT molecular complexity index is 1180. The minimum atomic E-state index is -3.17. The Morgan fingerprint density at radius 1 is 1.15 bits per heavy atom. The summed E-state index contributed by atoms with van der Waals surface area (Å²) in [6, 6.07) is -0.799. The molecule has 0 bridgehead atoms. The Balaban J connectivity index is 1.40. The van der Waals surface area contributed by atoms with E-state index in [4.69, 9.17) is 14.2 Å². The van der Waals surface area contributed by atoms with Gasteiger partial charge in [-0.05, 0) is 26.1 Å². The fourth-order valence-corrected chi connectivity index (χ4v) is 4.73. The first kappa shape index (κ1) is 30.0. The first-order valence-corrected chi connectivity index (χ1v) is 13.3. The second-order valence-electron chi connectivity index (χ2n) is 9.81. The summed E-state index contributed by atoms with van der Waals surface area (Å²) in [5.74, 6) is -2.53. The van der Waals surface area contributed by atoms with E-state index in [0.29, 0.717) is 32.5 Å². The maximum absolute atomic E-state index is 15.0. The van der Waals surface area contributed by atoms with Crippen LogP contribution in [0, 0.1) is 0 Å². The molecule has 0 saturated carbocycles. The predicted octanol–water partition coefficient (Wildman–Crippen LogP) is 2.36. The van der Waals surface area contributed by atoms with E-state index < -0.39 is 36.1 Å². The lowest BCUT2D eigenvalue weighted by Crippen LogP contribution is -2.60. The third-order valence-corrected chi connectivity index (χ3v) is 6.93. The molecule has 2 saturated heterocycles. The summed E-state index contributed by atoms with van der Waals surface area (Å²) >= 11 is 0. The van der Waals surface area contributed by atoms with Gasteiger partial charge in [0.1, 0.15) is 17.5 Å². The van der Waals surface area contributed by atoms with E-state index in [1.165, 1.54) is 36.6 Å². The van der Waals surface area contributed by atoms with E-state index >= 15 is 0 Å². The lowest BCUT2D eigenvalue weighted by molar-refractivity contribution is -0.0760. The molecule has 3 amide bonds. The molecule has 16 heteroatoms. The number of halogens is 2. The van der Waals surface area contributed by atoms with Crippen LogP contribution in [0.5, 0.6) is 5.88 Å². The van der Waals surface area contributed by atoms with Gasteiger partial charge in [0, 0.05) is 52.7 Å². The minimum Gasteiger partial charge on any atom is -0.477 e. The molecule has 0 spiro atoms. The molecular formula is C25H35F2N9O5. The van der Waals surface area contributed by atoms with Crippen molar-refractivity contribution in [3.05, 3.63) is 24.7 Å². The Hall–Kier alpha value is -3.92. The second kappa shape index (κ2) is 13.2. The molecule has 0 radical (unpaired) electrons. The van der Waals surface area contributed by atoms with Gasteiger partial charge in [-0.3, -0.25) is 10.6 Å². The number of aromatic nitrogens is 4. The molecule has 4 heterocycles. The van der Waals surface area contributed by atoms with Crippen molar-refractivity contribution in [2.45, 2.75) is 43.8 Å². The van der Waals surface area contributed by atoms with Crippen LogP contribution in [-0.4, -0.2) is 108 Å². The van der Waals surface area contributed by atoms with E-state index in [1.807, 2.05) is 0 Å². The first-order chi connectivity index (χ1) is 19.6. The van der Waals surface area contributed by atoms with Gasteiger partial charge in [-0.2, -0.15) is 4.98 Å². The Morgan fingerprint density at radius 2 is 1.93 bits per heavy atom. The molecule has 224 valence electrons. The fraction of sp³-hybridized carbons (Fsp3) is 0.600. The summed E-state index contributed by atoms with van der Waals surface area (Å²) in [5.41, 5.74) is -0.756. The summed E-state index contributed by atoms with van der Waals surface area (Å²) in [4.78, 5) is 44.6. The second-order valence-corrected chi connectivity index (χ2v) is 9.81. The highest BCUT2D eigenvalue weighted by molar-refractivity contribution is 5.88. The van der Waals surface area contributed by atoms with Gasteiger partial charge in [-0.25, -0.2) is 33.3 Å². The number of alkyl halides is 2. The smallest absolute Gasteiger partial charge is 0.413 e. The number of ether oxygens (including phenoxy) is 3. The number of anilines is 3. The molecule has 2 aliphatic rings. The average molecular weight is 580 g/mol. The van der Waals surface area contributed by atoms with Crippen molar-refractivity contribution in [3.8, 4) is 5.88 Å². The monoisotopic (exact) mass is 579 g/mol. The third-order valence-electron chi connectivity index (χ3n) is 6.93. The van der Waals surface area contributed by atoms with Crippen LogP contribution in [0.2, 0.25) is 0 Å². The molecule has 0 aliphatic carbocycles. The molecule has 3 N–H and O–H groups in total. The summed E-state index contributed by atoms with van der Waals surface area (Å²) in [6.07, 6.45) is 3.98. The minimum absolute atomic E-state index is 0.0544. The first-order valence-electron chi connectivity index (χ1n) is 13.3. The van der Waals surface area contributed by atoms with Crippen LogP contribution >= 0.6 is 0 Å². The Morgan fingerprint density at radius 3 is 2.61 bits per heavy atom. The van der Waals surface area contributed by atoms with Gasteiger partial charge in [0.05, 0.1) is 25.6 Å². The van der Waals surface area contributed by atoms with Gasteiger partial charge in [0.2, 0.25) is 11.8 Å². The number of urea groups is 1. The van der Waals surface area contributed by atoms with Crippen molar-refractivity contribution in [2.75, 3.05) is 69.1 Å². The fourth-order valence-electron chi connectivity index (χ4n) is 4.73. The molecular weight excluding hydrogens is 544 g/mol. The number of likely N-dealkylation sites (N-methyl/N-ethyl adjacent to an activating group) is 1. The van der Waals surface area contributed by atoms with Crippen LogP contribution < -0.4 is 25.6 Å². The van der Waals surface area contributed by atoms with Crippen molar-refractivity contribution in [3.63, 3.8) is 0 Å². The van der Waals surface area contributed by atoms with E-state index in [9.17, 15) is 18.4 Å². The molecule has 4 rings (SSSR count). The predicted molar refractivity (Wildman–Crippen MR) is 144 cm³/mol. The van der Waals surface area contributed by atoms with Gasteiger partial charge in [-0.15, -0.1) is 0 Å². The number of methoxy groups -OCH3 is 1. The zero-order chi connectivity index (χ0) is 29.5. The van der Waals surface area contributed by atoms with Crippen molar-refractivity contribution in [1.29, 1.82) is 0 Å². The molecule has 41 heavy (non-hydrogen) atoms. The van der Waals surface area contributed by atoms with Gasteiger partial charge in [0.25, 0.3) is 5.92 Å². The Kier molecular flexibility index (Phi) is 9.65. The van der Waals surface area contributed by atoms with Crippen LogP contribution in [0.1, 0.15) is 26.2 Å². The quantitative estimate of drug-likeness (QED) is 0.401. The van der Waals surface area contributed by atoms with Crippen molar-refractivity contribution in [1.82, 2.24) is 30.2 Å². The number of piperidine rings is 2. The highest BCUT2D eigenvalue weighted by Gasteiger charge is 2.48. The SMILES string of the molecule is CCOc1cnc(NC(=O)N(C)[C@H]2CN(c3nccc(NC(=O)OC4(COC)CCNCC4)n3)CCC2(F)F)cn1. The van der Waals surface area contributed by atoms with E-state index in [-0.39, 0.29) is 43.2 Å². The zero-order valence-electron chi connectivity index (χ0n) is 23.2.